The van der Waals surface area contributed by atoms with Gasteiger partial charge in [-0.3, -0.25) is 4.79 Å². The van der Waals surface area contributed by atoms with Crippen LogP contribution >= 0.6 is 0 Å². The molecule has 0 aromatic heterocycles. The van der Waals surface area contributed by atoms with Gasteiger partial charge in [-0.1, -0.05) is 0 Å². The maximum atomic E-state index is 13.4. The summed E-state index contributed by atoms with van der Waals surface area (Å²) in [6.45, 7) is 3.60. The molecule has 1 aliphatic heterocycles. The molecule has 0 fully saturated rings. The molecule has 80 valence electrons. The summed E-state index contributed by atoms with van der Waals surface area (Å²) in [7, 11) is 0. The highest BCUT2D eigenvalue weighted by atomic mass is 19.1. The van der Waals surface area contributed by atoms with Crippen molar-refractivity contribution >= 4 is 11.5 Å². The minimum Gasteiger partial charge on any atom is -0.377 e. The van der Waals surface area contributed by atoms with Gasteiger partial charge in [0.2, 0.25) is 0 Å². The van der Waals surface area contributed by atoms with Crippen molar-refractivity contribution in [1.29, 1.82) is 0 Å². The van der Waals surface area contributed by atoms with Crippen molar-refractivity contribution in [2.45, 2.75) is 25.8 Å². The van der Waals surface area contributed by atoms with E-state index >= 15 is 0 Å². The molecule has 0 aliphatic carbocycles. The number of hydrogen-bond donors (Lipinski definition) is 1. The van der Waals surface area contributed by atoms with Crippen LogP contribution < -0.4 is 5.32 Å². The number of Topliss-reactive ketones (excluding diaryl/α,β-unsaturated/α-hetero) is 1. The lowest BCUT2D eigenvalue weighted by Crippen LogP contribution is -2.38. The number of ketones is 1. The molecule has 0 amide bonds. The molecule has 4 heteroatoms. The molecule has 0 radical (unpaired) electrons. The molecule has 1 aliphatic rings. The summed E-state index contributed by atoms with van der Waals surface area (Å²) in [6, 6.07) is 1.85. The number of fused-ring (bicyclic) bond motifs is 1. The molecule has 2 nitrogen and oxygen atoms in total. The fourth-order valence-electron chi connectivity index (χ4n) is 1.80. The highest BCUT2D eigenvalue weighted by molar-refractivity contribution is 6.04. The van der Waals surface area contributed by atoms with Gasteiger partial charge in [0, 0.05) is 23.6 Å². The first-order valence-electron chi connectivity index (χ1n) is 4.69. The van der Waals surface area contributed by atoms with Crippen LogP contribution in [0.1, 0.15) is 30.6 Å². The Kier molecular flexibility index (Phi) is 2.03. The van der Waals surface area contributed by atoms with Crippen molar-refractivity contribution in [3.8, 4) is 0 Å². The van der Waals surface area contributed by atoms with Crippen LogP contribution in [-0.2, 0) is 0 Å². The summed E-state index contributed by atoms with van der Waals surface area (Å²) >= 11 is 0. The van der Waals surface area contributed by atoms with E-state index in [0.29, 0.717) is 0 Å². The Bertz CT molecular complexity index is 440. The fraction of sp³-hybridized carbons (Fsp3) is 0.364. The Balaban J connectivity index is 2.60. The standard InChI is InChI=1S/C11H11F2NO/c1-11(2)5-9(15)7-3-6(12)4-8(13)10(7)14-11/h3-4,14H,5H2,1-2H3. The van der Waals surface area contributed by atoms with Crippen LogP contribution in [0.3, 0.4) is 0 Å². The average Bonchev–Trinajstić information content (AvgIpc) is 2.06. The van der Waals surface area contributed by atoms with Crippen molar-refractivity contribution in [2.75, 3.05) is 5.32 Å². The quantitative estimate of drug-likeness (QED) is 0.714. The molecule has 0 unspecified atom stereocenters. The molecule has 0 atom stereocenters. The molecule has 1 N–H and O–H groups in total. The van der Waals surface area contributed by atoms with Crippen LogP contribution in [0.25, 0.3) is 0 Å². The number of rotatable bonds is 0. The second-order valence-corrected chi connectivity index (χ2v) is 4.42. The van der Waals surface area contributed by atoms with Gasteiger partial charge in [-0.25, -0.2) is 8.78 Å². The van der Waals surface area contributed by atoms with E-state index in [2.05, 4.69) is 5.32 Å². The van der Waals surface area contributed by atoms with Crippen LogP contribution in [-0.4, -0.2) is 11.3 Å². The first-order valence-corrected chi connectivity index (χ1v) is 4.69. The maximum Gasteiger partial charge on any atom is 0.167 e. The Labute approximate surface area is 86.3 Å². The van der Waals surface area contributed by atoms with Gasteiger partial charge in [-0.05, 0) is 19.9 Å². The number of hydrogen-bond acceptors (Lipinski definition) is 2. The van der Waals surface area contributed by atoms with Gasteiger partial charge < -0.3 is 5.32 Å². The van der Waals surface area contributed by atoms with Crippen LogP contribution in [0, 0.1) is 11.6 Å². The van der Waals surface area contributed by atoms with Crippen LogP contribution in [0.15, 0.2) is 12.1 Å². The summed E-state index contributed by atoms with van der Waals surface area (Å²) in [5.74, 6) is -1.67. The first kappa shape index (κ1) is 10.1. The molecule has 0 spiro atoms. The fourth-order valence-corrected chi connectivity index (χ4v) is 1.80. The molecule has 1 aromatic carbocycles. The van der Waals surface area contributed by atoms with Gasteiger partial charge >= 0.3 is 0 Å². The van der Waals surface area contributed by atoms with Gasteiger partial charge in [0.25, 0.3) is 0 Å². The monoisotopic (exact) mass is 211 g/mol. The zero-order valence-corrected chi connectivity index (χ0v) is 8.53. The van der Waals surface area contributed by atoms with Gasteiger partial charge in [-0.2, -0.15) is 0 Å². The van der Waals surface area contributed by atoms with Gasteiger partial charge in [-0.15, -0.1) is 0 Å². The van der Waals surface area contributed by atoms with Crippen molar-refractivity contribution in [3.63, 3.8) is 0 Å². The van der Waals surface area contributed by atoms with Crippen molar-refractivity contribution in [3.05, 3.63) is 29.3 Å². The number of halogens is 2. The Morgan fingerprint density at radius 1 is 1.33 bits per heavy atom. The van der Waals surface area contributed by atoms with Crippen molar-refractivity contribution < 1.29 is 13.6 Å². The van der Waals surface area contributed by atoms with E-state index in [9.17, 15) is 13.6 Å². The summed E-state index contributed by atoms with van der Waals surface area (Å²) in [5.41, 5.74) is -0.271. The Hall–Kier alpha value is -1.45. The maximum absolute atomic E-state index is 13.4. The molecule has 0 saturated heterocycles. The lowest BCUT2D eigenvalue weighted by Gasteiger charge is -2.32. The lowest BCUT2D eigenvalue weighted by molar-refractivity contribution is 0.0957. The van der Waals surface area contributed by atoms with Gasteiger partial charge in [0.1, 0.15) is 11.6 Å². The smallest absolute Gasteiger partial charge is 0.167 e. The van der Waals surface area contributed by atoms with E-state index in [1.54, 1.807) is 13.8 Å². The third-order valence-corrected chi connectivity index (χ3v) is 2.42. The zero-order chi connectivity index (χ0) is 11.2. The Morgan fingerprint density at radius 3 is 2.67 bits per heavy atom. The lowest BCUT2D eigenvalue weighted by atomic mass is 9.88. The molecule has 1 aromatic rings. The predicted octanol–water partition coefficient (Wildman–Crippen LogP) is 2.74. The van der Waals surface area contributed by atoms with Gasteiger partial charge in [0.15, 0.2) is 5.78 Å². The number of nitrogens with one attached hydrogen (secondary N) is 1. The predicted molar refractivity (Wildman–Crippen MR) is 53.0 cm³/mol. The largest absolute Gasteiger partial charge is 0.377 e. The summed E-state index contributed by atoms with van der Waals surface area (Å²) in [5, 5.41) is 2.90. The Morgan fingerprint density at radius 2 is 2.00 bits per heavy atom. The number of benzene rings is 1. The van der Waals surface area contributed by atoms with Crippen LogP contribution in [0.2, 0.25) is 0 Å². The molecule has 15 heavy (non-hydrogen) atoms. The third kappa shape index (κ3) is 1.71. The highest BCUT2D eigenvalue weighted by Gasteiger charge is 2.32. The van der Waals surface area contributed by atoms with Gasteiger partial charge in [0.05, 0.1) is 5.69 Å². The number of anilines is 1. The van der Waals surface area contributed by atoms with E-state index < -0.39 is 17.2 Å². The van der Waals surface area contributed by atoms with Crippen molar-refractivity contribution in [2.24, 2.45) is 0 Å². The number of carbonyl (C=O) groups is 1. The zero-order valence-electron chi connectivity index (χ0n) is 8.53. The summed E-state index contributed by atoms with van der Waals surface area (Å²) < 4.78 is 26.3. The van der Waals surface area contributed by atoms with E-state index in [4.69, 9.17) is 0 Å². The van der Waals surface area contributed by atoms with E-state index in [-0.39, 0.29) is 23.5 Å². The molecule has 1 heterocycles. The minimum absolute atomic E-state index is 0.104. The highest BCUT2D eigenvalue weighted by Crippen LogP contribution is 2.32. The van der Waals surface area contributed by atoms with E-state index in [1.165, 1.54) is 0 Å². The third-order valence-electron chi connectivity index (χ3n) is 2.42. The first-order chi connectivity index (χ1) is 6.89. The van der Waals surface area contributed by atoms with Crippen LogP contribution in [0.5, 0.6) is 0 Å². The minimum atomic E-state index is -0.721. The van der Waals surface area contributed by atoms with E-state index in [1.807, 2.05) is 0 Å². The van der Waals surface area contributed by atoms with E-state index in [0.717, 1.165) is 12.1 Å². The molecule has 0 saturated carbocycles. The topological polar surface area (TPSA) is 29.1 Å². The molecule has 2 rings (SSSR count). The second kappa shape index (κ2) is 3.02. The average molecular weight is 211 g/mol. The second-order valence-electron chi connectivity index (χ2n) is 4.42. The summed E-state index contributed by atoms with van der Waals surface area (Å²) in [4.78, 5) is 11.6. The normalized spacial score (nSPS) is 18.3. The van der Waals surface area contributed by atoms with Crippen molar-refractivity contribution in [1.82, 2.24) is 0 Å². The SMILES string of the molecule is CC1(C)CC(=O)c2cc(F)cc(F)c2N1. The number of carbonyl (C=O) groups excluding carboxylic acids is 1. The molecular formula is C11H11F2NO. The summed E-state index contributed by atoms with van der Waals surface area (Å²) in [6.07, 6.45) is 0.239. The van der Waals surface area contributed by atoms with Crippen LogP contribution in [0.4, 0.5) is 14.5 Å². The molecular weight excluding hydrogens is 200 g/mol. The molecule has 0 bridgehead atoms.